The molecule has 0 bridgehead atoms. The molecule has 0 unspecified atom stereocenters. The highest BCUT2D eigenvalue weighted by molar-refractivity contribution is 6.73. The summed E-state index contributed by atoms with van der Waals surface area (Å²) in [5.41, 5.74) is 3.61. The molecule has 148 valence electrons. The van der Waals surface area contributed by atoms with Crippen molar-refractivity contribution in [3.8, 4) is 0 Å². The van der Waals surface area contributed by atoms with E-state index in [4.69, 9.17) is 10.2 Å². The second kappa shape index (κ2) is 7.64. The molecule has 0 aromatic heterocycles. The summed E-state index contributed by atoms with van der Waals surface area (Å²) in [5, 5.41) is 0. The van der Waals surface area contributed by atoms with E-state index in [0.717, 1.165) is 18.1 Å². The average molecular weight is 388 g/mol. The number of rotatable bonds is 9. The van der Waals surface area contributed by atoms with Gasteiger partial charge in [-0.25, -0.2) is 4.39 Å². The summed E-state index contributed by atoms with van der Waals surface area (Å²) in [6.45, 7) is 9.14. The van der Waals surface area contributed by atoms with Crippen LogP contribution in [0.3, 0.4) is 0 Å². The Morgan fingerprint density at radius 1 is 1.19 bits per heavy atom. The average Bonchev–Trinajstić information content (AvgIpc) is 3.44. The molecule has 2 rings (SSSR count). The third-order valence-electron chi connectivity index (χ3n) is 6.20. The summed E-state index contributed by atoms with van der Waals surface area (Å²) in [6, 6.07) is 5.80. The summed E-state index contributed by atoms with van der Waals surface area (Å²) < 4.78 is 52.8. The van der Waals surface area contributed by atoms with Gasteiger partial charge >= 0.3 is 5.92 Å². The third kappa shape index (κ3) is 3.60. The highest BCUT2D eigenvalue weighted by Gasteiger charge is 2.63. The fourth-order valence-corrected chi connectivity index (χ4v) is 6.99. The van der Waals surface area contributed by atoms with Crippen molar-refractivity contribution in [2.24, 2.45) is 11.7 Å². The Morgan fingerprint density at radius 3 is 2.15 bits per heavy atom. The van der Waals surface area contributed by atoms with E-state index in [9.17, 15) is 4.39 Å². The molecule has 2 N–H and O–H groups in total. The van der Waals surface area contributed by atoms with Gasteiger partial charge in [0.25, 0.3) is 0 Å². The number of benzene rings is 1. The monoisotopic (exact) mass is 387 g/mol. The highest BCUT2D eigenvalue weighted by Crippen LogP contribution is 2.56. The van der Waals surface area contributed by atoms with Crippen LogP contribution in [-0.2, 0) is 10.3 Å². The van der Waals surface area contributed by atoms with Gasteiger partial charge in [0.05, 0.1) is 5.56 Å². The van der Waals surface area contributed by atoms with Crippen LogP contribution in [0.15, 0.2) is 18.2 Å². The Kier molecular flexibility index (Phi) is 6.30. The lowest BCUT2D eigenvalue weighted by Crippen LogP contribution is -2.55. The van der Waals surface area contributed by atoms with E-state index in [2.05, 4.69) is 0 Å². The Balaban J connectivity index is 2.54. The van der Waals surface area contributed by atoms with Gasteiger partial charge in [0.15, 0.2) is 8.32 Å². The van der Waals surface area contributed by atoms with Gasteiger partial charge in [0.1, 0.15) is 11.4 Å². The first-order chi connectivity index (χ1) is 12.1. The molecule has 26 heavy (non-hydrogen) atoms. The zero-order chi connectivity index (χ0) is 19.8. The molecule has 1 fully saturated rings. The van der Waals surface area contributed by atoms with E-state index in [0.29, 0.717) is 12.8 Å². The van der Waals surface area contributed by atoms with Crippen LogP contribution in [-0.4, -0.2) is 13.9 Å². The van der Waals surface area contributed by atoms with Crippen molar-refractivity contribution < 1.29 is 17.6 Å². The van der Waals surface area contributed by atoms with Gasteiger partial charge in [-0.2, -0.15) is 8.78 Å². The lowest BCUT2D eigenvalue weighted by atomic mass is 9.86. The van der Waals surface area contributed by atoms with E-state index in [-0.39, 0.29) is 11.5 Å². The molecule has 0 saturated heterocycles. The van der Waals surface area contributed by atoms with E-state index >= 15 is 8.78 Å². The molecule has 6 heteroatoms. The molecule has 1 aliphatic rings. The van der Waals surface area contributed by atoms with Gasteiger partial charge in [-0.3, -0.25) is 0 Å². The summed E-state index contributed by atoms with van der Waals surface area (Å²) in [6.07, 6.45) is 1.39. The van der Waals surface area contributed by atoms with Crippen LogP contribution in [0, 0.1) is 11.7 Å². The van der Waals surface area contributed by atoms with Crippen molar-refractivity contribution in [3.63, 3.8) is 0 Å². The maximum atomic E-state index is 15.8. The quantitative estimate of drug-likeness (QED) is 0.518. The smallest absolute Gasteiger partial charge is 0.303 e. The van der Waals surface area contributed by atoms with Gasteiger partial charge in [0.2, 0.25) is 0 Å². The van der Waals surface area contributed by atoms with Crippen molar-refractivity contribution in [1.82, 2.24) is 0 Å². The molecule has 0 spiro atoms. The highest BCUT2D eigenvalue weighted by atomic mass is 28.4. The minimum atomic E-state index is -3.42. The number of hydrogen-bond donors (Lipinski definition) is 1. The van der Waals surface area contributed by atoms with Crippen LogP contribution < -0.4 is 5.73 Å². The standard InChI is InChI=1S/C20H32F3NOSi/c1-6-26(7-2,8-3)25-19(5,15-12-13-15)20(22,23)17-11-9-10-16(14(4)24)18(17)21/h9-11,14-15H,6-8,12-13,24H2,1-5H3/t14-,19-/m1/s1. The van der Waals surface area contributed by atoms with Gasteiger partial charge in [-0.1, -0.05) is 32.9 Å². The summed E-state index contributed by atoms with van der Waals surface area (Å²) in [7, 11) is -2.30. The lowest BCUT2D eigenvalue weighted by Gasteiger charge is -2.45. The molecule has 2 nitrogen and oxygen atoms in total. The van der Waals surface area contributed by atoms with E-state index < -0.39 is 37.3 Å². The Hall–Kier alpha value is -0.853. The SMILES string of the molecule is CC[Si](CC)(CC)O[C@](C)(C1CC1)C(F)(F)c1cccc([C@@H](C)N)c1F. The normalized spacial score (nSPS) is 19.3. The Morgan fingerprint density at radius 2 is 1.73 bits per heavy atom. The molecule has 0 radical (unpaired) electrons. The molecule has 0 heterocycles. The van der Waals surface area contributed by atoms with Crippen LogP contribution in [0.1, 0.15) is 64.6 Å². The minimum absolute atomic E-state index is 0.116. The molecule has 0 amide bonds. The first kappa shape index (κ1) is 21.4. The largest absolute Gasteiger partial charge is 0.405 e. The van der Waals surface area contributed by atoms with Gasteiger partial charge in [-0.05, 0) is 56.8 Å². The predicted molar refractivity (Wildman–Crippen MR) is 102 cm³/mol. The van der Waals surface area contributed by atoms with E-state index in [1.54, 1.807) is 6.92 Å². The van der Waals surface area contributed by atoms with Crippen molar-refractivity contribution in [1.29, 1.82) is 0 Å². The van der Waals surface area contributed by atoms with Crippen molar-refractivity contribution in [3.05, 3.63) is 35.1 Å². The Labute approximate surface area is 156 Å². The number of halogens is 3. The Bertz CT molecular complexity index is 621. The van der Waals surface area contributed by atoms with Crippen molar-refractivity contribution in [2.75, 3.05) is 0 Å². The zero-order valence-corrected chi connectivity index (χ0v) is 17.5. The summed E-state index contributed by atoms with van der Waals surface area (Å²) >= 11 is 0. The van der Waals surface area contributed by atoms with E-state index in [1.807, 2.05) is 20.8 Å². The molecule has 1 aromatic carbocycles. The number of alkyl halides is 2. The third-order valence-corrected chi connectivity index (χ3v) is 10.9. The predicted octanol–water partition coefficient (Wildman–Crippen LogP) is 6.13. The van der Waals surface area contributed by atoms with Crippen LogP contribution in [0.2, 0.25) is 18.1 Å². The fraction of sp³-hybridized carbons (Fsp3) is 0.700. The first-order valence-electron chi connectivity index (χ1n) is 9.71. The molecule has 1 saturated carbocycles. The minimum Gasteiger partial charge on any atom is -0.405 e. The molecule has 1 aromatic rings. The van der Waals surface area contributed by atoms with E-state index in [1.165, 1.54) is 25.1 Å². The number of hydrogen-bond acceptors (Lipinski definition) is 2. The summed E-state index contributed by atoms with van der Waals surface area (Å²) in [4.78, 5) is 0. The fourth-order valence-electron chi connectivity index (χ4n) is 3.87. The van der Waals surface area contributed by atoms with Crippen molar-refractivity contribution in [2.45, 2.75) is 83.2 Å². The molecule has 1 aliphatic carbocycles. The first-order valence-corrected chi connectivity index (χ1v) is 12.2. The second-order valence-corrected chi connectivity index (χ2v) is 12.5. The van der Waals surface area contributed by atoms with Crippen LogP contribution in [0.4, 0.5) is 13.2 Å². The maximum absolute atomic E-state index is 15.8. The van der Waals surface area contributed by atoms with Gasteiger partial charge in [-0.15, -0.1) is 0 Å². The zero-order valence-electron chi connectivity index (χ0n) is 16.5. The number of nitrogens with two attached hydrogens (primary N) is 1. The maximum Gasteiger partial charge on any atom is 0.303 e. The van der Waals surface area contributed by atoms with Crippen LogP contribution in [0.25, 0.3) is 0 Å². The van der Waals surface area contributed by atoms with Crippen molar-refractivity contribution >= 4 is 8.32 Å². The topological polar surface area (TPSA) is 35.2 Å². The molecule has 0 aliphatic heterocycles. The van der Waals surface area contributed by atoms with Crippen LogP contribution in [0.5, 0.6) is 0 Å². The van der Waals surface area contributed by atoms with Gasteiger partial charge in [0, 0.05) is 11.6 Å². The molecular weight excluding hydrogens is 355 g/mol. The summed E-state index contributed by atoms with van der Waals surface area (Å²) in [5.74, 6) is -4.56. The lowest BCUT2D eigenvalue weighted by molar-refractivity contribution is -0.182. The second-order valence-electron chi connectivity index (χ2n) is 7.80. The molecular formula is C20H32F3NOSi. The molecule has 2 atom stereocenters. The van der Waals surface area contributed by atoms with Gasteiger partial charge < -0.3 is 10.2 Å². The van der Waals surface area contributed by atoms with Crippen LogP contribution >= 0.6 is 0 Å².